The van der Waals surface area contributed by atoms with Crippen LogP contribution in [-0.4, -0.2) is 6.61 Å². The Labute approximate surface area is 198 Å². The van der Waals surface area contributed by atoms with Crippen LogP contribution in [0.15, 0.2) is 91.2 Å². The van der Waals surface area contributed by atoms with E-state index < -0.39 is 11.3 Å². The molecule has 170 valence electrons. The van der Waals surface area contributed by atoms with E-state index in [0.29, 0.717) is 57.2 Å². The molecule has 0 amide bonds. The lowest BCUT2D eigenvalue weighted by Gasteiger charge is -2.10. The molecular formula is C27H19ClO6. The summed E-state index contributed by atoms with van der Waals surface area (Å²) in [7, 11) is 0. The third-order valence-corrected chi connectivity index (χ3v) is 5.56. The fraction of sp³-hybridized carbons (Fsp3) is 0.111. The minimum absolute atomic E-state index is 0.256. The Bertz CT molecular complexity index is 1630. The maximum atomic E-state index is 12.9. The molecule has 0 unspecified atom stereocenters. The number of ether oxygens (including phenoxy) is 2. The largest absolute Gasteiger partial charge is 0.490 e. The Kier molecular flexibility index (Phi) is 5.82. The minimum atomic E-state index is -0.586. The molecule has 5 aromatic rings. The molecule has 0 radical (unpaired) electrons. The van der Waals surface area contributed by atoms with Crippen molar-refractivity contribution < 1.29 is 18.3 Å². The van der Waals surface area contributed by atoms with Crippen molar-refractivity contribution in [3.8, 4) is 22.6 Å². The highest BCUT2D eigenvalue weighted by Gasteiger charge is 2.16. The zero-order valence-corrected chi connectivity index (χ0v) is 18.9. The molecule has 0 atom stereocenters. The van der Waals surface area contributed by atoms with E-state index in [0.717, 1.165) is 5.56 Å². The Hall–Kier alpha value is -4.03. The molecule has 34 heavy (non-hydrogen) atoms. The molecule has 0 aliphatic heterocycles. The van der Waals surface area contributed by atoms with Gasteiger partial charge in [-0.25, -0.2) is 9.59 Å². The molecule has 6 nitrogen and oxygen atoms in total. The normalized spacial score (nSPS) is 11.1. The lowest BCUT2D eigenvalue weighted by Crippen LogP contribution is -2.07. The van der Waals surface area contributed by atoms with E-state index in [1.54, 1.807) is 36.4 Å². The number of benzene rings is 3. The van der Waals surface area contributed by atoms with Crippen LogP contribution in [0.5, 0.6) is 11.5 Å². The van der Waals surface area contributed by atoms with Crippen LogP contribution in [0.2, 0.25) is 5.02 Å². The zero-order chi connectivity index (χ0) is 23.7. The summed E-state index contributed by atoms with van der Waals surface area (Å²) >= 11 is 6.03. The molecule has 2 aromatic heterocycles. The van der Waals surface area contributed by atoms with Crippen LogP contribution in [0.25, 0.3) is 33.1 Å². The number of halogens is 1. The van der Waals surface area contributed by atoms with Crippen molar-refractivity contribution in [1.82, 2.24) is 0 Å². The predicted molar refractivity (Wildman–Crippen MR) is 131 cm³/mol. The molecule has 0 saturated heterocycles. The summed E-state index contributed by atoms with van der Waals surface area (Å²) < 4.78 is 22.4. The highest BCUT2D eigenvalue weighted by Crippen LogP contribution is 2.32. The van der Waals surface area contributed by atoms with Gasteiger partial charge in [-0.3, -0.25) is 0 Å². The first-order chi connectivity index (χ1) is 16.5. The van der Waals surface area contributed by atoms with E-state index in [-0.39, 0.29) is 5.56 Å². The average Bonchev–Trinajstić information content (AvgIpc) is 2.82. The van der Waals surface area contributed by atoms with Crippen LogP contribution in [0.1, 0.15) is 12.5 Å². The van der Waals surface area contributed by atoms with Crippen molar-refractivity contribution in [2.75, 3.05) is 6.61 Å². The molecule has 0 spiro atoms. The van der Waals surface area contributed by atoms with Crippen molar-refractivity contribution in [2.45, 2.75) is 13.5 Å². The number of hydrogen-bond acceptors (Lipinski definition) is 6. The van der Waals surface area contributed by atoms with E-state index in [2.05, 4.69) is 0 Å². The lowest BCUT2D eigenvalue weighted by molar-refractivity contribution is 0.306. The molecule has 3 aromatic carbocycles. The van der Waals surface area contributed by atoms with E-state index in [1.807, 2.05) is 37.3 Å². The van der Waals surface area contributed by atoms with Gasteiger partial charge in [-0.15, -0.1) is 0 Å². The van der Waals surface area contributed by atoms with E-state index in [4.69, 9.17) is 29.9 Å². The molecule has 0 N–H and O–H groups in total. The summed E-state index contributed by atoms with van der Waals surface area (Å²) in [6, 6.07) is 20.9. The Morgan fingerprint density at radius 2 is 1.71 bits per heavy atom. The second-order valence-corrected chi connectivity index (χ2v) is 8.05. The topological polar surface area (TPSA) is 78.9 Å². The van der Waals surface area contributed by atoms with Crippen LogP contribution in [0.4, 0.5) is 0 Å². The third-order valence-electron chi connectivity index (χ3n) is 5.32. The molecule has 0 saturated carbocycles. The average molecular weight is 475 g/mol. The zero-order valence-electron chi connectivity index (χ0n) is 18.2. The van der Waals surface area contributed by atoms with Gasteiger partial charge in [0.05, 0.1) is 12.2 Å². The molecule has 0 aliphatic carbocycles. The molecule has 0 fully saturated rings. The number of para-hydroxylation sites is 1. The molecule has 0 aliphatic rings. The fourth-order valence-electron chi connectivity index (χ4n) is 3.82. The number of rotatable bonds is 6. The Morgan fingerprint density at radius 3 is 2.53 bits per heavy atom. The molecule has 0 bridgehead atoms. The molecule has 5 rings (SSSR count). The maximum Gasteiger partial charge on any atom is 0.344 e. The summed E-state index contributed by atoms with van der Waals surface area (Å²) in [5.74, 6) is 1.00. The van der Waals surface area contributed by atoms with E-state index in [9.17, 15) is 9.59 Å². The number of fused-ring (bicyclic) bond motifs is 2. The van der Waals surface area contributed by atoms with E-state index in [1.165, 1.54) is 6.07 Å². The van der Waals surface area contributed by atoms with E-state index >= 15 is 0 Å². The second kappa shape index (κ2) is 9.08. The van der Waals surface area contributed by atoms with Gasteiger partial charge in [0.2, 0.25) is 0 Å². The summed E-state index contributed by atoms with van der Waals surface area (Å²) in [5.41, 5.74) is 1.08. The third kappa shape index (κ3) is 4.28. The quantitative estimate of drug-likeness (QED) is 0.273. The molecule has 2 heterocycles. The summed E-state index contributed by atoms with van der Waals surface area (Å²) in [6.07, 6.45) is 0. The first-order valence-electron chi connectivity index (χ1n) is 10.7. The van der Waals surface area contributed by atoms with Crippen LogP contribution in [0.3, 0.4) is 0 Å². The highest BCUT2D eigenvalue weighted by molar-refractivity contribution is 6.30. The standard InChI is InChI=1S/C27H19ClO6/c1-2-31-23-8-4-6-17-12-22(27(30)34-26(17)23)21-14-25(29)33-24-13-19(9-10-20(21)24)32-15-16-5-3-7-18(28)11-16/h3-14H,2,15H2,1H3. The predicted octanol–water partition coefficient (Wildman–Crippen LogP) is 6.20. The first-order valence-corrected chi connectivity index (χ1v) is 11.0. The highest BCUT2D eigenvalue weighted by atomic mass is 35.5. The van der Waals surface area contributed by atoms with Crippen molar-refractivity contribution in [3.63, 3.8) is 0 Å². The minimum Gasteiger partial charge on any atom is -0.490 e. The number of hydrogen-bond donors (Lipinski definition) is 0. The van der Waals surface area contributed by atoms with Gasteiger partial charge in [0.15, 0.2) is 11.3 Å². The smallest absolute Gasteiger partial charge is 0.344 e. The van der Waals surface area contributed by atoms with Crippen molar-refractivity contribution >= 4 is 33.5 Å². The van der Waals surface area contributed by atoms with Crippen LogP contribution < -0.4 is 20.7 Å². The maximum absolute atomic E-state index is 12.9. The van der Waals surface area contributed by atoms with Gasteiger partial charge in [0.25, 0.3) is 0 Å². The van der Waals surface area contributed by atoms with Gasteiger partial charge in [-0.1, -0.05) is 35.9 Å². The van der Waals surface area contributed by atoms with Gasteiger partial charge in [0, 0.05) is 33.5 Å². The Balaban J connectivity index is 1.56. The van der Waals surface area contributed by atoms with Gasteiger partial charge < -0.3 is 18.3 Å². The van der Waals surface area contributed by atoms with Gasteiger partial charge in [-0.05, 0) is 48.9 Å². The summed E-state index contributed by atoms with van der Waals surface area (Å²) in [6.45, 7) is 2.59. The van der Waals surface area contributed by atoms with Crippen molar-refractivity contribution in [2.24, 2.45) is 0 Å². The van der Waals surface area contributed by atoms with Crippen LogP contribution in [0, 0.1) is 0 Å². The summed E-state index contributed by atoms with van der Waals surface area (Å²) in [4.78, 5) is 25.3. The SMILES string of the molecule is CCOc1cccc2cc(-c3cc(=O)oc4cc(OCc5cccc(Cl)c5)ccc34)c(=O)oc12. The molecular weight excluding hydrogens is 456 g/mol. The lowest BCUT2D eigenvalue weighted by atomic mass is 10.0. The van der Waals surface area contributed by atoms with Crippen molar-refractivity contribution in [1.29, 1.82) is 0 Å². The molecule has 7 heteroatoms. The monoisotopic (exact) mass is 474 g/mol. The van der Waals surface area contributed by atoms with Crippen molar-refractivity contribution in [3.05, 3.63) is 104 Å². The second-order valence-electron chi connectivity index (χ2n) is 7.61. The van der Waals surface area contributed by atoms with Crippen LogP contribution in [-0.2, 0) is 6.61 Å². The Morgan fingerprint density at radius 1 is 0.853 bits per heavy atom. The van der Waals surface area contributed by atoms with Gasteiger partial charge in [0.1, 0.15) is 17.9 Å². The fourth-order valence-corrected chi connectivity index (χ4v) is 4.04. The van der Waals surface area contributed by atoms with Gasteiger partial charge >= 0.3 is 11.3 Å². The van der Waals surface area contributed by atoms with Crippen LogP contribution >= 0.6 is 11.6 Å². The first kappa shape index (κ1) is 21.8. The summed E-state index contributed by atoms with van der Waals surface area (Å²) in [5, 5.41) is 1.89. The van der Waals surface area contributed by atoms with Gasteiger partial charge in [-0.2, -0.15) is 0 Å².